The number of likely N-dealkylation sites (N-methyl/N-ethyl adjacent to an activating group) is 1. The first-order chi connectivity index (χ1) is 9.51. The lowest BCUT2D eigenvalue weighted by Gasteiger charge is -2.19. The highest BCUT2D eigenvalue weighted by Gasteiger charge is 2.17. The molecule has 3 N–H and O–H groups in total. The van der Waals surface area contributed by atoms with Gasteiger partial charge in [0.05, 0.1) is 17.6 Å². The number of aliphatic hydroxyl groups is 1. The number of methoxy groups -OCH3 is 1. The van der Waals surface area contributed by atoms with Crippen LogP contribution in [0.2, 0.25) is 0 Å². The first kappa shape index (κ1) is 14.8. The summed E-state index contributed by atoms with van der Waals surface area (Å²) >= 11 is 1.42. The van der Waals surface area contributed by atoms with E-state index in [-0.39, 0.29) is 19.1 Å². The molecule has 1 heterocycles. The molecule has 1 atom stereocenters. The van der Waals surface area contributed by atoms with E-state index in [1.807, 2.05) is 24.3 Å². The normalized spacial score (nSPS) is 12.6. The van der Waals surface area contributed by atoms with E-state index in [1.54, 1.807) is 7.05 Å². The smallest absolute Gasteiger partial charge is 0.263 e. The number of anilines is 1. The molecule has 0 bridgehead atoms. The fourth-order valence-electron chi connectivity index (χ4n) is 2.00. The van der Waals surface area contributed by atoms with E-state index in [4.69, 9.17) is 10.5 Å². The molecule has 5 nitrogen and oxygen atoms in total. The van der Waals surface area contributed by atoms with E-state index >= 15 is 0 Å². The van der Waals surface area contributed by atoms with Crippen molar-refractivity contribution in [1.29, 1.82) is 0 Å². The highest BCUT2D eigenvalue weighted by atomic mass is 32.1. The Bertz CT molecular complexity index is 611. The molecule has 0 radical (unpaired) electrons. The zero-order valence-electron chi connectivity index (χ0n) is 11.5. The van der Waals surface area contributed by atoms with Crippen LogP contribution >= 0.6 is 11.3 Å². The van der Waals surface area contributed by atoms with Gasteiger partial charge in [-0.15, -0.1) is 11.3 Å². The molecule has 0 fully saturated rings. The van der Waals surface area contributed by atoms with Crippen molar-refractivity contribution in [2.24, 2.45) is 0 Å². The van der Waals surface area contributed by atoms with Gasteiger partial charge in [-0.05, 0) is 29.7 Å². The number of hydrogen-bond acceptors (Lipinski definition) is 5. The van der Waals surface area contributed by atoms with Crippen LogP contribution < -0.4 is 5.73 Å². The van der Waals surface area contributed by atoms with Gasteiger partial charge in [0.1, 0.15) is 0 Å². The number of carbonyl (C=O) groups excluding carboxylic acids is 1. The van der Waals surface area contributed by atoms with Gasteiger partial charge in [0.25, 0.3) is 5.91 Å². The fourth-order valence-corrected chi connectivity index (χ4v) is 3.04. The summed E-state index contributed by atoms with van der Waals surface area (Å²) in [6, 6.07) is 7.41. The Hall–Kier alpha value is -1.63. The average molecular weight is 294 g/mol. The molecular formula is C14H18N2O3S. The Balaban J connectivity index is 2.14. The van der Waals surface area contributed by atoms with Crippen molar-refractivity contribution in [3.05, 3.63) is 29.1 Å². The highest BCUT2D eigenvalue weighted by Crippen LogP contribution is 2.28. The predicted molar refractivity (Wildman–Crippen MR) is 81.1 cm³/mol. The number of nitrogen functional groups attached to an aromatic ring is 1. The molecule has 108 valence electrons. The summed E-state index contributed by atoms with van der Waals surface area (Å²) in [5, 5.41) is 10.6. The van der Waals surface area contributed by atoms with Gasteiger partial charge in [0, 0.05) is 31.1 Å². The van der Waals surface area contributed by atoms with Crippen LogP contribution in [0.25, 0.3) is 10.1 Å². The number of rotatable bonds is 5. The number of nitrogens with zero attached hydrogens (tertiary/aromatic N) is 1. The van der Waals surface area contributed by atoms with Crippen molar-refractivity contribution in [3.8, 4) is 0 Å². The number of benzene rings is 1. The zero-order chi connectivity index (χ0) is 14.7. The van der Waals surface area contributed by atoms with Crippen molar-refractivity contribution in [3.63, 3.8) is 0 Å². The van der Waals surface area contributed by atoms with Crippen molar-refractivity contribution >= 4 is 33.0 Å². The minimum Gasteiger partial charge on any atom is -0.399 e. The Morgan fingerprint density at radius 2 is 2.25 bits per heavy atom. The van der Waals surface area contributed by atoms with Gasteiger partial charge in [-0.2, -0.15) is 0 Å². The largest absolute Gasteiger partial charge is 0.399 e. The van der Waals surface area contributed by atoms with E-state index in [2.05, 4.69) is 0 Å². The predicted octanol–water partition coefficient (Wildman–Crippen LogP) is 1.56. The molecule has 1 aromatic heterocycles. The van der Waals surface area contributed by atoms with Crippen LogP contribution in [0.4, 0.5) is 5.69 Å². The van der Waals surface area contributed by atoms with Crippen LogP contribution in [0, 0.1) is 0 Å². The van der Waals surface area contributed by atoms with Crippen LogP contribution in [0.1, 0.15) is 9.67 Å². The Morgan fingerprint density at radius 1 is 1.50 bits per heavy atom. The van der Waals surface area contributed by atoms with Gasteiger partial charge in [-0.1, -0.05) is 0 Å². The summed E-state index contributed by atoms with van der Waals surface area (Å²) < 4.78 is 5.87. The van der Waals surface area contributed by atoms with Gasteiger partial charge in [-0.3, -0.25) is 4.79 Å². The maximum Gasteiger partial charge on any atom is 0.263 e. The molecule has 0 aliphatic carbocycles. The maximum atomic E-state index is 12.3. The third-order valence-electron chi connectivity index (χ3n) is 2.94. The molecule has 1 aromatic carbocycles. The minimum absolute atomic E-state index is 0.111. The van der Waals surface area contributed by atoms with Crippen LogP contribution in [0.3, 0.4) is 0 Å². The summed E-state index contributed by atoms with van der Waals surface area (Å²) in [4.78, 5) is 14.4. The summed E-state index contributed by atoms with van der Waals surface area (Å²) in [5.41, 5.74) is 6.41. The van der Waals surface area contributed by atoms with Crippen LogP contribution in [0.5, 0.6) is 0 Å². The van der Waals surface area contributed by atoms with Crippen LogP contribution in [-0.4, -0.2) is 49.3 Å². The van der Waals surface area contributed by atoms with Gasteiger partial charge in [0.2, 0.25) is 0 Å². The number of amides is 1. The second-order valence-corrected chi connectivity index (χ2v) is 5.79. The summed E-state index contributed by atoms with van der Waals surface area (Å²) in [6.07, 6.45) is -0.682. The second kappa shape index (κ2) is 6.21. The van der Waals surface area contributed by atoms with Gasteiger partial charge < -0.3 is 20.5 Å². The number of ether oxygens (including phenoxy) is 1. The number of carbonyl (C=O) groups is 1. The van der Waals surface area contributed by atoms with Gasteiger partial charge in [-0.25, -0.2) is 0 Å². The molecular weight excluding hydrogens is 276 g/mol. The van der Waals surface area contributed by atoms with E-state index in [9.17, 15) is 9.90 Å². The zero-order valence-corrected chi connectivity index (χ0v) is 12.3. The Kier molecular flexibility index (Phi) is 4.59. The Morgan fingerprint density at radius 3 is 2.95 bits per heavy atom. The quantitative estimate of drug-likeness (QED) is 0.821. The highest BCUT2D eigenvalue weighted by molar-refractivity contribution is 7.20. The first-order valence-corrected chi connectivity index (χ1v) is 7.04. The van der Waals surface area contributed by atoms with Gasteiger partial charge in [0.15, 0.2) is 0 Å². The molecule has 0 spiro atoms. The third-order valence-corrected chi connectivity index (χ3v) is 4.05. The van der Waals surface area contributed by atoms with Crippen molar-refractivity contribution < 1.29 is 14.6 Å². The lowest BCUT2D eigenvalue weighted by Crippen LogP contribution is -2.35. The third kappa shape index (κ3) is 3.27. The monoisotopic (exact) mass is 294 g/mol. The van der Waals surface area contributed by atoms with E-state index in [0.717, 1.165) is 10.1 Å². The number of thiophene rings is 1. The first-order valence-electron chi connectivity index (χ1n) is 6.23. The standard InChI is InChI=1S/C14H18N2O3S/c1-16(7-11(17)8-19-2)14(18)13-6-9-5-10(15)3-4-12(9)20-13/h3-6,11,17H,7-8,15H2,1-2H3. The van der Waals surface area contributed by atoms with Crippen molar-refractivity contribution in [2.45, 2.75) is 6.10 Å². The number of fused-ring (bicyclic) bond motifs is 1. The van der Waals surface area contributed by atoms with Gasteiger partial charge >= 0.3 is 0 Å². The molecule has 0 aliphatic heterocycles. The number of hydrogen-bond donors (Lipinski definition) is 2. The molecule has 20 heavy (non-hydrogen) atoms. The lowest BCUT2D eigenvalue weighted by atomic mass is 10.2. The van der Waals surface area contributed by atoms with Crippen molar-refractivity contribution in [2.75, 3.05) is 33.0 Å². The molecule has 0 saturated heterocycles. The topological polar surface area (TPSA) is 75.8 Å². The molecule has 1 amide bonds. The fraction of sp³-hybridized carbons (Fsp3) is 0.357. The van der Waals surface area contributed by atoms with E-state index < -0.39 is 6.10 Å². The molecule has 2 rings (SSSR count). The molecule has 0 aliphatic rings. The molecule has 1 unspecified atom stereocenters. The molecule has 0 saturated carbocycles. The average Bonchev–Trinajstić information content (AvgIpc) is 2.80. The summed E-state index contributed by atoms with van der Waals surface area (Å²) in [7, 11) is 3.18. The van der Waals surface area contributed by atoms with E-state index in [1.165, 1.54) is 23.3 Å². The maximum absolute atomic E-state index is 12.3. The van der Waals surface area contributed by atoms with E-state index in [0.29, 0.717) is 10.6 Å². The molecule has 6 heteroatoms. The van der Waals surface area contributed by atoms with Crippen LogP contribution in [-0.2, 0) is 4.74 Å². The van der Waals surface area contributed by atoms with Crippen molar-refractivity contribution in [1.82, 2.24) is 4.90 Å². The number of nitrogens with two attached hydrogens (primary N) is 1. The number of aliphatic hydroxyl groups excluding tert-OH is 1. The second-order valence-electron chi connectivity index (χ2n) is 4.70. The SMILES string of the molecule is COCC(O)CN(C)C(=O)c1cc2cc(N)ccc2s1. The lowest BCUT2D eigenvalue weighted by molar-refractivity contribution is 0.0382. The van der Waals surface area contributed by atoms with Crippen LogP contribution in [0.15, 0.2) is 24.3 Å². The summed E-state index contributed by atoms with van der Waals surface area (Å²) in [6.45, 7) is 0.448. The molecule has 2 aromatic rings. The minimum atomic E-state index is -0.682. The summed E-state index contributed by atoms with van der Waals surface area (Å²) in [5.74, 6) is -0.111. The Labute approximate surface area is 121 Å².